The van der Waals surface area contributed by atoms with E-state index in [2.05, 4.69) is 43.3 Å². The summed E-state index contributed by atoms with van der Waals surface area (Å²) in [5.74, 6) is 1.51. The Morgan fingerprint density at radius 2 is 2.11 bits per heavy atom. The molecule has 0 saturated carbocycles. The SMILES string of the molecule is CCNC(=NCC1CCCO1)NC(C)C(C)C.I. The quantitative estimate of drug-likeness (QED) is 0.444. The molecule has 5 heteroatoms. The molecule has 2 atom stereocenters. The van der Waals surface area contributed by atoms with Gasteiger partial charge in [-0.25, -0.2) is 0 Å². The van der Waals surface area contributed by atoms with Crippen molar-refractivity contribution in [3.05, 3.63) is 0 Å². The van der Waals surface area contributed by atoms with Crippen molar-refractivity contribution in [1.82, 2.24) is 10.6 Å². The van der Waals surface area contributed by atoms with Crippen LogP contribution in [0.3, 0.4) is 0 Å². The van der Waals surface area contributed by atoms with Gasteiger partial charge in [0.1, 0.15) is 0 Å². The molecule has 0 aromatic heterocycles. The molecule has 0 radical (unpaired) electrons. The number of hydrogen-bond acceptors (Lipinski definition) is 2. The predicted molar refractivity (Wildman–Crippen MR) is 87.8 cm³/mol. The summed E-state index contributed by atoms with van der Waals surface area (Å²) in [6.45, 7) is 11.2. The molecule has 0 aromatic carbocycles. The first kappa shape index (κ1) is 18.0. The van der Waals surface area contributed by atoms with Crippen molar-refractivity contribution in [2.24, 2.45) is 10.9 Å². The highest BCUT2D eigenvalue weighted by Gasteiger charge is 2.15. The average Bonchev–Trinajstić information content (AvgIpc) is 2.78. The van der Waals surface area contributed by atoms with Gasteiger partial charge in [0, 0.05) is 19.2 Å². The first-order chi connectivity index (χ1) is 8.13. The monoisotopic (exact) mass is 369 g/mol. The first-order valence-electron chi connectivity index (χ1n) is 6.80. The molecule has 108 valence electrons. The Kier molecular flexibility index (Phi) is 9.81. The van der Waals surface area contributed by atoms with Crippen LogP contribution in [-0.2, 0) is 4.74 Å². The Labute approximate surface area is 128 Å². The number of guanidine groups is 1. The zero-order chi connectivity index (χ0) is 12.7. The minimum Gasteiger partial charge on any atom is -0.376 e. The summed E-state index contributed by atoms with van der Waals surface area (Å²) in [4.78, 5) is 4.59. The van der Waals surface area contributed by atoms with Gasteiger partial charge in [-0.05, 0) is 32.6 Å². The molecule has 0 aromatic rings. The standard InChI is InChI=1S/C13H27N3O.HI/c1-5-14-13(16-11(4)10(2)3)15-9-12-7-6-8-17-12;/h10-12H,5-9H2,1-4H3,(H2,14,15,16);1H. The third-order valence-corrected chi connectivity index (χ3v) is 3.19. The van der Waals surface area contributed by atoms with Crippen LogP contribution in [0, 0.1) is 5.92 Å². The highest BCUT2D eigenvalue weighted by atomic mass is 127. The zero-order valence-electron chi connectivity index (χ0n) is 12.0. The normalized spacial score (nSPS) is 21.6. The molecule has 18 heavy (non-hydrogen) atoms. The number of hydrogen-bond donors (Lipinski definition) is 2. The average molecular weight is 369 g/mol. The van der Waals surface area contributed by atoms with Crippen LogP contribution in [0.4, 0.5) is 0 Å². The van der Waals surface area contributed by atoms with Gasteiger partial charge in [0.15, 0.2) is 5.96 Å². The molecule has 0 spiro atoms. The van der Waals surface area contributed by atoms with Gasteiger partial charge in [0.2, 0.25) is 0 Å². The highest BCUT2D eigenvalue weighted by molar-refractivity contribution is 14.0. The molecule has 1 aliphatic heterocycles. The molecular weight excluding hydrogens is 341 g/mol. The Bertz CT molecular complexity index is 240. The summed E-state index contributed by atoms with van der Waals surface area (Å²) in [6.07, 6.45) is 2.63. The smallest absolute Gasteiger partial charge is 0.191 e. The lowest BCUT2D eigenvalue weighted by atomic mass is 10.1. The molecular formula is C13H28IN3O. The van der Waals surface area contributed by atoms with E-state index in [9.17, 15) is 0 Å². The van der Waals surface area contributed by atoms with Crippen LogP contribution >= 0.6 is 24.0 Å². The van der Waals surface area contributed by atoms with Gasteiger partial charge in [-0.15, -0.1) is 24.0 Å². The molecule has 0 amide bonds. The van der Waals surface area contributed by atoms with Gasteiger partial charge < -0.3 is 15.4 Å². The second-order valence-electron chi connectivity index (χ2n) is 5.03. The van der Waals surface area contributed by atoms with Gasteiger partial charge in [0.25, 0.3) is 0 Å². The summed E-state index contributed by atoms with van der Waals surface area (Å²) >= 11 is 0. The number of aliphatic imine (C=N–C) groups is 1. The third kappa shape index (κ3) is 6.78. The van der Waals surface area contributed by atoms with Crippen molar-refractivity contribution in [1.29, 1.82) is 0 Å². The van der Waals surface area contributed by atoms with Crippen molar-refractivity contribution in [2.75, 3.05) is 19.7 Å². The fraction of sp³-hybridized carbons (Fsp3) is 0.923. The van der Waals surface area contributed by atoms with Crippen molar-refractivity contribution >= 4 is 29.9 Å². The minimum absolute atomic E-state index is 0. The van der Waals surface area contributed by atoms with Crippen molar-refractivity contribution in [3.63, 3.8) is 0 Å². The van der Waals surface area contributed by atoms with E-state index in [1.165, 1.54) is 6.42 Å². The van der Waals surface area contributed by atoms with Crippen LogP contribution in [0.1, 0.15) is 40.5 Å². The molecule has 1 rings (SSSR count). The fourth-order valence-electron chi connectivity index (χ4n) is 1.68. The van der Waals surface area contributed by atoms with E-state index in [1.54, 1.807) is 0 Å². The van der Waals surface area contributed by atoms with Gasteiger partial charge in [-0.3, -0.25) is 4.99 Å². The lowest BCUT2D eigenvalue weighted by Gasteiger charge is -2.21. The zero-order valence-corrected chi connectivity index (χ0v) is 14.4. The number of nitrogens with one attached hydrogen (secondary N) is 2. The summed E-state index contributed by atoms with van der Waals surface area (Å²) in [5.41, 5.74) is 0. The van der Waals surface area contributed by atoms with Crippen molar-refractivity contribution < 1.29 is 4.74 Å². The molecule has 1 heterocycles. The van der Waals surface area contributed by atoms with Gasteiger partial charge >= 0.3 is 0 Å². The van der Waals surface area contributed by atoms with E-state index in [4.69, 9.17) is 4.74 Å². The van der Waals surface area contributed by atoms with Crippen LogP contribution in [-0.4, -0.2) is 37.8 Å². The van der Waals surface area contributed by atoms with E-state index >= 15 is 0 Å². The number of nitrogens with zero attached hydrogens (tertiary/aromatic N) is 1. The second kappa shape index (κ2) is 9.83. The van der Waals surface area contributed by atoms with Gasteiger partial charge in [-0.2, -0.15) is 0 Å². The topological polar surface area (TPSA) is 45.7 Å². The summed E-state index contributed by atoms with van der Waals surface area (Å²) < 4.78 is 5.57. The molecule has 0 bridgehead atoms. The van der Waals surface area contributed by atoms with Crippen LogP contribution < -0.4 is 10.6 Å². The lowest BCUT2D eigenvalue weighted by Crippen LogP contribution is -2.44. The number of rotatable bonds is 5. The molecule has 1 saturated heterocycles. The molecule has 1 aliphatic rings. The van der Waals surface area contributed by atoms with Crippen molar-refractivity contribution in [2.45, 2.75) is 52.7 Å². The van der Waals surface area contributed by atoms with Crippen LogP contribution in [0.15, 0.2) is 4.99 Å². The van der Waals surface area contributed by atoms with E-state index in [0.717, 1.165) is 32.1 Å². The number of ether oxygens (including phenoxy) is 1. The first-order valence-corrected chi connectivity index (χ1v) is 6.80. The largest absolute Gasteiger partial charge is 0.376 e. The Morgan fingerprint density at radius 3 is 2.61 bits per heavy atom. The van der Waals surface area contributed by atoms with E-state index in [0.29, 0.717) is 18.1 Å². The fourth-order valence-corrected chi connectivity index (χ4v) is 1.68. The Hall–Kier alpha value is -0.0400. The second-order valence-corrected chi connectivity index (χ2v) is 5.03. The molecule has 4 nitrogen and oxygen atoms in total. The number of halogens is 1. The maximum absolute atomic E-state index is 5.57. The molecule has 1 fully saturated rings. The molecule has 2 unspecified atom stereocenters. The van der Waals surface area contributed by atoms with Crippen LogP contribution in [0.2, 0.25) is 0 Å². The van der Waals surface area contributed by atoms with E-state index < -0.39 is 0 Å². The highest BCUT2D eigenvalue weighted by Crippen LogP contribution is 2.11. The van der Waals surface area contributed by atoms with Crippen LogP contribution in [0.5, 0.6) is 0 Å². The maximum atomic E-state index is 5.57. The predicted octanol–water partition coefficient (Wildman–Crippen LogP) is 2.38. The summed E-state index contributed by atoms with van der Waals surface area (Å²) in [7, 11) is 0. The Balaban J connectivity index is 0.00000289. The molecule has 0 aliphatic carbocycles. The third-order valence-electron chi connectivity index (χ3n) is 3.19. The van der Waals surface area contributed by atoms with Crippen molar-refractivity contribution in [3.8, 4) is 0 Å². The summed E-state index contributed by atoms with van der Waals surface area (Å²) in [6, 6.07) is 0.428. The lowest BCUT2D eigenvalue weighted by molar-refractivity contribution is 0.117. The summed E-state index contributed by atoms with van der Waals surface area (Å²) in [5, 5.41) is 6.70. The Morgan fingerprint density at radius 1 is 1.39 bits per heavy atom. The minimum atomic E-state index is 0. The van der Waals surface area contributed by atoms with Gasteiger partial charge in [0.05, 0.1) is 12.6 Å². The van der Waals surface area contributed by atoms with Crippen LogP contribution in [0.25, 0.3) is 0 Å². The molecule has 2 N–H and O–H groups in total. The maximum Gasteiger partial charge on any atom is 0.191 e. The van der Waals surface area contributed by atoms with E-state index in [-0.39, 0.29) is 24.0 Å². The van der Waals surface area contributed by atoms with Gasteiger partial charge in [-0.1, -0.05) is 13.8 Å². The van der Waals surface area contributed by atoms with E-state index in [1.807, 2.05) is 0 Å².